The minimum atomic E-state index is -0.655. The Hall–Kier alpha value is -3.53. The van der Waals surface area contributed by atoms with Crippen LogP contribution >= 0.6 is 11.5 Å². The summed E-state index contributed by atoms with van der Waals surface area (Å²) in [5.41, 5.74) is 8.37. The first-order valence-electron chi connectivity index (χ1n) is 11.7. The van der Waals surface area contributed by atoms with Crippen LogP contribution in [0.25, 0.3) is 0 Å². The number of hydrogen-bond donors (Lipinski definition) is 2. The number of nitrogens with one attached hydrogen (secondary N) is 1. The van der Waals surface area contributed by atoms with Gasteiger partial charge in [0.1, 0.15) is 10.8 Å². The summed E-state index contributed by atoms with van der Waals surface area (Å²) in [6, 6.07) is 9.75. The first-order chi connectivity index (χ1) is 16.7. The SMILES string of the molecule is Cc1cc(Nc2nc(N3CCC[C@@H](N(C)C(=O)c4ccc(C(C)C)cc4)C3)cnc2C(N)=O)sn1. The summed E-state index contributed by atoms with van der Waals surface area (Å²) >= 11 is 1.28. The summed E-state index contributed by atoms with van der Waals surface area (Å²) in [7, 11) is 1.85. The lowest BCUT2D eigenvalue weighted by molar-refractivity contribution is 0.0717. The van der Waals surface area contributed by atoms with E-state index in [1.54, 1.807) is 6.20 Å². The van der Waals surface area contributed by atoms with E-state index in [0.717, 1.165) is 30.1 Å². The van der Waals surface area contributed by atoms with Crippen LogP contribution in [0, 0.1) is 6.92 Å². The third-order valence-electron chi connectivity index (χ3n) is 6.28. The highest BCUT2D eigenvalue weighted by atomic mass is 32.1. The molecule has 1 fully saturated rings. The lowest BCUT2D eigenvalue weighted by atomic mass is 10.0. The fraction of sp³-hybridized carbons (Fsp3) is 0.400. The van der Waals surface area contributed by atoms with Crippen molar-refractivity contribution < 1.29 is 9.59 Å². The number of benzene rings is 1. The van der Waals surface area contributed by atoms with Gasteiger partial charge in [-0.25, -0.2) is 9.97 Å². The molecular weight excluding hydrogens is 462 g/mol. The van der Waals surface area contributed by atoms with Gasteiger partial charge in [-0.1, -0.05) is 26.0 Å². The Morgan fingerprint density at radius 2 is 2.00 bits per heavy atom. The molecule has 0 radical (unpaired) electrons. The van der Waals surface area contributed by atoms with E-state index in [1.165, 1.54) is 17.1 Å². The molecule has 35 heavy (non-hydrogen) atoms. The van der Waals surface area contributed by atoms with Gasteiger partial charge in [0.2, 0.25) is 0 Å². The van der Waals surface area contributed by atoms with Gasteiger partial charge in [-0.05, 0) is 61.0 Å². The zero-order valence-electron chi connectivity index (χ0n) is 20.5. The van der Waals surface area contributed by atoms with Crippen LogP contribution in [0.3, 0.4) is 0 Å². The van der Waals surface area contributed by atoms with Crippen molar-refractivity contribution in [1.82, 2.24) is 19.2 Å². The highest BCUT2D eigenvalue weighted by Crippen LogP contribution is 2.27. The number of carbonyl (C=O) groups excluding carboxylic acids is 2. The third kappa shape index (κ3) is 5.59. The number of nitrogens with two attached hydrogens (primary N) is 1. The summed E-state index contributed by atoms with van der Waals surface area (Å²) < 4.78 is 4.25. The molecule has 0 spiro atoms. The molecule has 10 heteroatoms. The Morgan fingerprint density at radius 1 is 1.26 bits per heavy atom. The summed E-state index contributed by atoms with van der Waals surface area (Å²) in [6.07, 6.45) is 3.38. The van der Waals surface area contributed by atoms with Gasteiger partial charge in [-0.3, -0.25) is 9.59 Å². The maximum absolute atomic E-state index is 13.2. The van der Waals surface area contributed by atoms with E-state index in [4.69, 9.17) is 5.73 Å². The van der Waals surface area contributed by atoms with Crippen LogP contribution < -0.4 is 16.0 Å². The van der Waals surface area contributed by atoms with Crippen LogP contribution in [-0.2, 0) is 0 Å². The van der Waals surface area contributed by atoms with E-state index < -0.39 is 5.91 Å². The van der Waals surface area contributed by atoms with E-state index in [9.17, 15) is 9.59 Å². The van der Waals surface area contributed by atoms with Crippen molar-refractivity contribution in [1.29, 1.82) is 0 Å². The van der Waals surface area contributed by atoms with E-state index >= 15 is 0 Å². The van der Waals surface area contributed by atoms with Gasteiger partial charge in [0, 0.05) is 31.7 Å². The second-order valence-corrected chi connectivity index (χ2v) is 9.99. The van der Waals surface area contributed by atoms with Gasteiger partial charge in [-0.15, -0.1) is 0 Å². The summed E-state index contributed by atoms with van der Waals surface area (Å²) in [5, 5.41) is 3.88. The smallest absolute Gasteiger partial charge is 0.271 e. The molecule has 184 valence electrons. The fourth-order valence-electron chi connectivity index (χ4n) is 4.20. The molecule has 1 atom stereocenters. The molecule has 0 saturated carbocycles. The molecular formula is C25H31N7O2S. The molecule has 1 saturated heterocycles. The van der Waals surface area contributed by atoms with Crippen molar-refractivity contribution >= 4 is 40.0 Å². The molecule has 0 bridgehead atoms. The molecule has 3 aromatic rings. The first kappa shape index (κ1) is 24.6. The topological polar surface area (TPSA) is 117 Å². The monoisotopic (exact) mass is 493 g/mol. The zero-order valence-corrected chi connectivity index (χ0v) is 21.3. The first-order valence-corrected chi connectivity index (χ1v) is 12.5. The summed E-state index contributed by atoms with van der Waals surface area (Å²) in [6.45, 7) is 7.57. The van der Waals surface area contributed by atoms with Crippen molar-refractivity contribution in [3.8, 4) is 0 Å². The van der Waals surface area contributed by atoms with Crippen molar-refractivity contribution in [3.05, 3.63) is 59.0 Å². The van der Waals surface area contributed by atoms with Gasteiger partial charge >= 0.3 is 0 Å². The fourth-order valence-corrected chi connectivity index (χ4v) is 4.86. The number of hydrogen-bond acceptors (Lipinski definition) is 8. The van der Waals surface area contributed by atoms with Gasteiger partial charge in [0.15, 0.2) is 11.5 Å². The summed E-state index contributed by atoms with van der Waals surface area (Å²) in [5.74, 6) is 0.703. The molecule has 4 rings (SSSR count). The Labute approximate surface area is 209 Å². The van der Waals surface area contributed by atoms with Crippen molar-refractivity contribution in [2.75, 3.05) is 30.4 Å². The molecule has 2 amide bonds. The molecule has 1 aromatic carbocycles. The van der Waals surface area contributed by atoms with Gasteiger partial charge < -0.3 is 20.9 Å². The number of nitrogens with zero attached hydrogens (tertiary/aromatic N) is 5. The van der Waals surface area contributed by atoms with Gasteiger partial charge in [0.25, 0.3) is 11.8 Å². The highest BCUT2D eigenvalue weighted by Gasteiger charge is 2.28. The van der Waals surface area contributed by atoms with E-state index in [-0.39, 0.29) is 17.6 Å². The standard InChI is InChI=1S/C25H31N7O2S/c1-15(2)17-7-9-18(10-8-17)25(34)31(4)19-6-5-11-32(14-19)20-13-27-22(23(26)33)24(28-20)29-21-12-16(3)30-35-21/h7-10,12-13,15,19H,5-6,11,14H2,1-4H3,(H2,26,33)(H,28,29)/t19-/m1/s1. The minimum Gasteiger partial charge on any atom is -0.364 e. The Balaban J connectivity index is 1.51. The van der Waals surface area contributed by atoms with E-state index in [1.807, 2.05) is 49.2 Å². The number of carbonyl (C=O) groups is 2. The average Bonchev–Trinajstić information content (AvgIpc) is 3.27. The van der Waals surface area contributed by atoms with Crippen LogP contribution in [0.1, 0.15) is 64.7 Å². The number of likely N-dealkylation sites (N-methyl/N-ethyl adjacent to an activating group) is 1. The van der Waals surface area contributed by atoms with Crippen LogP contribution in [0.4, 0.5) is 16.6 Å². The number of amides is 2. The molecule has 3 N–H and O–H groups in total. The maximum Gasteiger partial charge on any atom is 0.271 e. The molecule has 0 aliphatic carbocycles. The number of piperidine rings is 1. The number of rotatable bonds is 7. The normalized spacial score (nSPS) is 15.8. The molecule has 9 nitrogen and oxygen atoms in total. The molecule has 1 aliphatic rings. The van der Waals surface area contributed by atoms with Crippen LogP contribution in [0.15, 0.2) is 36.5 Å². The quantitative estimate of drug-likeness (QED) is 0.512. The second-order valence-electron chi connectivity index (χ2n) is 9.18. The zero-order chi connectivity index (χ0) is 25.1. The summed E-state index contributed by atoms with van der Waals surface area (Å²) in [4.78, 5) is 38.0. The second kappa shape index (κ2) is 10.4. The van der Waals surface area contributed by atoms with E-state index in [2.05, 4.69) is 38.4 Å². The molecule has 3 heterocycles. The largest absolute Gasteiger partial charge is 0.364 e. The number of aryl methyl sites for hydroxylation is 1. The molecule has 1 aliphatic heterocycles. The molecule has 0 unspecified atom stereocenters. The Bertz CT molecular complexity index is 1210. The predicted molar refractivity (Wildman–Crippen MR) is 139 cm³/mol. The van der Waals surface area contributed by atoms with Crippen LogP contribution in [-0.4, -0.2) is 57.2 Å². The van der Waals surface area contributed by atoms with Crippen molar-refractivity contribution in [3.63, 3.8) is 0 Å². The van der Waals surface area contributed by atoms with Crippen molar-refractivity contribution in [2.24, 2.45) is 5.73 Å². The van der Waals surface area contributed by atoms with Gasteiger partial charge in [0.05, 0.1) is 11.9 Å². The molecule has 2 aromatic heterocycles. The lowest BCUT2D eigenvalue weighted by Gasteiger charge is -2.38. The third-order valence-corrected chi connectivity index (χ3v) is 7.07. The number of primary amides is 1. The number of anilines is 3. The van der Waals surface area contributed by atoms with Crippen LogP contribution in [0.5, 0.6) is 0 Å². The maximum atomic E-state index is 13.2. The Kier molecular flexibility index (Phi) is 7.30. The lowest BCUT2D eigenvalue weighted by Crippen LogP contribution is -2.49. The average molecular weight is 494 g/mol. The van der Waals surface area contributed by atoms with E-state index in [0.29, 0.717) is 29.7 Å². The number of aromatic nitrogens is 3. The Morgan fingerprint density at radius 3 is 2.63 bits per heavy atom. The highest BCUT2D eigenvalue weighted by molar-refractivity contribution is 7.10. The van der Waals surface area contributed by atoms with Crippen molar-refractivity contribution in [2.45, 2.75) is 45.6 Å². The van der Waals surface area contributed by atoms with Gasteiger partial charge in [-0.2, -0.15) is 4.37 Å². The minimum absolute atomic E-state index is 0.00485. The van der Waals surface area contributed by atoms with Crippen LogP contribution in [0.2, 0.25) is 0 Å². The predicted octanol–water partition coefficient (Wildman–Crippen LogP) is 3.95.